The summed E-state index contributed by atoms with van der Waals surface area (Å²) in [5, 5.41) is 19.9. The molecule has 100 valence electrons. The third kappa shape index (κ3) is 4.01. The Hall–Kier alpha value is -1.59. The van der Waals surface area contributed by atoms with Crippen LogP contribution in [0.25, 0.3) is 0 Å². The van der Waals surface area contributed by atoms with E-state index in [-0.39, 0.29) is 5.75 Å². The average Bonchev–Trinajstić information content (AvgIpc) is 2.35. The molecule has 5 heteroatoms. The summed E-state index contributed by atoms with van der Waals surface area (Å²) in [6, 6.07) is 5.80. The number of phenolic OH excluding ortho intramolecular Hbond substituents is 1. The van der Waals surface area contributed by atoms with E-state index in [9.17, 15) is 15.0 Å². The fraction of sp³-hybridized carbons (Fsp3) is 0.462. The third-order valence-corrected chi connectivity index (χ3v) is 2.60. The minimum absolute atomic E-state index is 0.169. The highest BCUT2D eigenvalue weighted by molar-refractivity contribution is 5.73. The molecule has 1 aromatic carbocycles. The molecule has 0 bridgehead atoms. The summed E-state index contributed by atoms with van der Waals surface area (Å²) in [6.07, 6.45) is 0.337. The number of carboxylic acid groups (broad SMARTS) is 1. The van der Waals surface area contributed by atoms with E-state index in [4.69, 9.17) is 4.84 Å². The number of hydrogen-bond acceptors (Lipinski definition) is 4. The zero-order valence-electron chi connectivity index (χ0n) is 10.7. The summed E-state index contributed by atoms with van der Waals surface area (Å²) in [5.74, 6) is -0.749. The molecule has 0 saturated heterocycles. The lowest BCUT2D eigenvalue weighted by Gasteiger charge is -2.26. The van der Waals surface area contributed by atoms with Crippen LogP contribution < -0.4 is 0 Å². The van der Waals surface area contributed by atoms with Crippen LogP contribution >= 0.6 is 0 Å². The van der Waals surface area contributed by atoms with E-state index in [1.54, 1.807) is 24.3 Å². The maximum absolute atomic E-state index is 11.3. The topological polar surface area (TPSA) is 70.0 Å². The van der Waals surface area contributed by atoms with E-state index >= 15 is 0 Å². The second-order valence-electron chi connectivity index (χ2n) is 3.88. The Kier molecular flexibility index (Phi) is 5.61. The lowest BCUT2D eigenvalue weighted by atomic mass is 10.1. The molecule has 0 aromatic heterocycles. The van der Waals surface area contributed by atoms with Crippen LogP contribution in [0.3, 0.4) is 0 Å². The highest BCUT2D eigenvalue weighted by atomic mass is 16.7. The van der Waals surface area contributed by atoms with Gasteiger partial charge in [0.2, 0.25) is 0 Å². The van der Waals surface area contributed by atoms with Crippen molar-refractivity contribution in [3.63, 3.8) is 0 Å². The number of carboxylic acids is 1. The van der Waals surface area contributed by atoms with Gasteiger partial charge in [-0.3, -0.25) is 9.63 Å². The van der Waals surface area contributed by atoms with Crippen molar-refractivity contribution in [1.29, 1.82) is 0 Å². The number of likely N-dealkylation sites (N-methyl/N-ethyl adjacent to an activating group) is 1. The normalized spacial score (nSPS) is 12.6. The van der Waals surface area contributed by atoms with Crippen LogP contribution in [0.1, 0.15) is 19.4 Å². The molecule has 0 radical (unpaired) electrons. The first-order chi connectivity index (χ1) is 8.58. The number of hydroxylamine groups is 2. The van der Waals surface area contributed by atoms with E-state index in [2.05, 4.69) is 0 Å². The fourth-order valence-corrected chi connectivity index (χ4v) is 1.74. The van der Waals surface area contributed by atoms with Crippen molar-refractivity contribution in [2.45, 2.75) is 26.3 Å². The second kappa shape index (κ2) is 6.98. The van der Waals surface area contributed by atoms with Gasteiger partial charge in [0.05, 0.1) is 6.61 Å². The molecule has 1 atom stereocenters. The van der Waals surface area contributed by atoms with Gasteiger partial charge in [0.1, 0.15) is 11.8 Å². The van der Waals surface area contributed by atoms with Crippen molar-refractivity contribution in [2.75, 3.05) is 13.2 Å². The average molecular weight is 253 g/mol. The van der Waals surface area contributed by atoms with Crippen LogP contribution in [0.15, 0.2) is 24.3 Å². The Morgan fingerprint density at radius 3 is 2.39 bits per heavy atom. The van der Waals surface area contributed by atoms with Crippen LogP contribution in [0, 0.1) is 0 Å². The maximum atomic E-state index is 11.3. The number of phenols is 1. The van der Waals surface area contributed by atoms with Crippen molar-refractivity contribution in [2.24, 2.45) is 0 Å². The SMILES string of the molecule is CCON(CC)C(Cc1ccc(O)cc1)C(=O)O. The van der Waals surface area contributed by atoms with Gasteiger partial charge >= 0.3 is 5.97 Å². The van der Waals surface area contributed by atoms with E-state index in [0.717, 1.165) is 5.56 Å². The minimum Gasteiger partial charge on any atom is -0.508 e. The molecule has 1 rings (SSSR count). The molecule has 0 heterocycles. The van der Waals surface area contributed by atoms with Crippen molar-refractivity contribution < 1.29 is 19.8 Å². The van der Waals surface area contributed by atoms with Gasteiger partial charge in [-0.1, -0.05) is 19.1 Å². The lowest BCUT2D eigenvalue weighted by Crippen LogP contribution is -2.42. The van der Waals surface area contributed by atoms with Gasteiger partial charge in [-0.2, -0.15) is 5.06 Å². The largest absolute Gasteiger partial charge is 0.508 e. The predicted molar refractivity (Wildman–Crippen MR) is 67.2 cm³/mol. The Labute approximate surface area is 107 Å². The molecular weight excluding hydrogens is 234 g/mol. The Balaban J connectivity index is 2.79. The molecule has 0 saturated carbocycles. The van der Waals surface area contributed by atoms with Crippen LogP contribution in [0.4, 0.5) is 0 Å². The minimum atomic E-state index is -0.918. The van der Waals surface area contributed by atoms with E-state index in [0.29, 0.717) is 19.6 Å². The van der Waals surface area contributed by atoms with Gasteiger partial charge in [-0.25, -0.2) is 0 Å². The van der Waals surface area contributed by atoms with Crippen LogP contribution in [0.2, 0.25) is 0 Å². The smallest absolute Gasteiger partial charge is 0.323 e. The van der Waals surface area contributed by atoms with Gasteiger partial charge in [0.25, 0.3) is 0 Å². The molecule has 0 spiro atoms. The molecule has 2 N–H and O–H groups in total. The van der Waals surface area contributed by atoms with Gasteiger partial charge in [0.15, 0.2) is 0 Å². The first kappa shape index (κ1) is 14.5. The van der Waals surface area contributed by atoms with Crippen molar-refractivity contribution in [1.82, 2.24) is 5.06 Å². The summed E-state index contributed by atoms with van der Waals surface area (Å²) >= 11 is 0. The quantitative estimate of drug-likeness (QED) is 0.723. The van der Waals surface area contributed by atoms with Gasteiger partial charge < -0.3 is 10.2 Å². The zero-order chi connectivity index (χ0) is 13.5. The summed E-state index contributed by atoms with van der Waals surface area (Å²) in [4.78, 5) is 16.6. The van der Waals surface area contributed by atoms with Gasteiger partial charge in [-0.05, 0) is 24.6 Å². The van der Waals surface area contributed by atoms with Crippen LogP contribution in [0.5, 0.6) is 5.75 Å². The van der Waals surface area contributed by atoms with Crippen molar-refractivity contribution in [3.05, 3.63) is 29.8 Å². The number of aliphatic carboxylic acids is 1. The van der Waals surface area contributed by atoms with Crippen molar-refractivity contribution >= 4 is 5.97 Å². The number of carbonyl (C=O) groups is 1. The van der Waals surface area contributed by atoms with Gasteiger partial charge in [-0.15, -0.1) is 0 Å². The number of rotatable bonds is 7. The molecule has 0 aliphatic rings. The highest BCUT2D eigenvalue weighted by Gasteiger charge is 2.25. The fourth-order valence-electron chi connectivity index (χ4n) is 1.74. The Bertz CT molecular complexity index is 377. The zero-order valence-corrected chi connectivity index (χ0v) is 10.7. The summed E-state index contributed by atoms with van der Waals surface area (Å²) < 4.78 is 0. The molecule has 1 unspecified atom stereocenters. The van der Waals surface area contributed by atoms with Crippen LogP contribution in [-0.2, 0) is 16.1 Å². The number of aromatic hydroxyl groups is 1. The van der Waals surface area contributed by atoms with Crippen LogP contribution in [-0.4, -0.2) is 40.4 Å². The molecular formula is C13H19NO4. The molecule has 0 aliphatic heterocycles. The predicted octanol–water partition coefficient (Wildman–Crippen LogP) is 1.66. The summed E-state index contributed by atoms with van der Waals surface area (Å²) in [6.45, 7) is 4.61. The van der Waals surface area contributed by atoms with Crippen molar-refractivity contribution in [3.8, 4) is 5.75 Å². The second-order valence-corrected chi connectivity index (χ2v) is 3.88. The first-order valence-corrected chi connectivity index (χ1v) is 5.98. The molecule has 0 fully saturated rings. The Morgan fingerprint density at radius 2 is 1.94 bits per heavy atom. The summed E-state index contributed by atoms with van der Waals surface area (Å²) in [5.41, 5.74) is 0.846. The first-order valence-electron chi connectivity index (χ1n) is 5.98. The molecule has 5 nitrogen and oxygen atoms in total. The number of nitrogens with zero attached hydrogens (tertiary/aromatic N) is 1. The number of benzene rings is 1. The Morgan fingerprint density at radius 1 is 1.33 bits per heavy atom. The lowest BCUT2D eigenvalue weighted by molar-refractivity contribution is -0.194. The summed E-state index contributed by atoms with van der Waals surface area (Å²) in [7, 11) is 0. The molecule has 1 aromatic rings. The van der Waals surface area contributed by atoms with E-state index in [1.165, 1.54) is 5.06 Å². The highest BCUT2D eigenvalue weighted by Crippen LogP contribution is 2.14. The molecule has 0 aliphatic carbocycles. The third-order valence-electron chi connectivity index (χ3n) is 2.60. The van der Waals surface area contributed by atoms with E-state index < -0.39 is 12.0 Å². The molecule has 0 amide bonds. The number of hydrogen-bond donors (Lipinski definition) is 2. The maximum Gasteiger partial charge on any atom is 0.323 e. The van der Waals surface area contributed by atoms with E-state index in [1.807, 2.05) is 13.8 Å². The molecule has 18 heavy (non-hydrogen) atoms. The monoisotopic (exact) mass is 253 g/mol. The standard InChI is InChI=1S/C13H19NO4/c1-3-14(18-4-2)12(13(16)17)9-10-5-7-11(15)8-6-10/h5-8,12,15H,3-4,9H2,1-2H3,(H,16,17). The van der Waals surface area contributed by atoms with Gasteiger partial charge in [0, 0.05) is 13.0 Å².